The lowest BCUT2D eigenvalue weighted by molar-refractivity contribution is -0.143. The summed E-state index contributed by atoms with van der Waals surface area (Å²) in [4.78, 5) is 69.6. The predicted molar refractivity (Wildman–Crippen MR) is 182 cm³/mol. The van der Waals surface area contributed by atoms with Crippen LogP contribution in [0.25, 0.3) is 0 Å². The van der Waals surface area contributed by atoms with Gasteiger partial charge in [-0.25, -0.2) is 14.5 Å². The summed E-state index contributed by atoms with van der Waals surface area (Å²) in [5.74, 6) is -2.48. The van der Waals surface area contributed by atoms with E-state index in [2.05, 4.69) is 16.0 Å². The van der Waals surface area contributed by atoms with Gasteiger partial charge in [0.25, 0.3) is 5.91 Å². The van der Waals surface area contributed by atoms with E-state index in [9.17, 15) is 29.1 Å². The first kappa shape index (κ1) is 34.2. The third kappa shape index (κ3) is 7.35. The zero-order chi connectivity index (χ0) is 34.4. The predicted octanol–water partition coefficient (Wildman–Crippen LogP) is 6.46. The van der Waals surface area contributed by atoms with Crippen LogP contribution in [0.15, 0.2) is 78.9 Å². The number of para-hydroxylation sites is 1. The SMILES string of the molecule is Cc1ccccc1NC(=O)Nc1ccc(CN2C(=O)N([C@H](C(=O)N[C@@H](CC(=O)O)c3ccccc3)C(C)C)C(=O)C23CCCCC3)cc1. The molecule has 252 valence electrons. The van der Waals surface area contributed by atoms with Crippen molar-refractivity contribution in [3.05, 3.63) is 95.6 Å². The number of hydrogen-bond donors (Lipinski definition) is 4. The highest BCUT2D eigenvalue weighted by Gasteiger charge is 2.60. The fraction of sp³-hybridized carbons (Fsp3) is 0.378. The molecule has 3 aromatic carbocycles. The van der Waals surface area contributed by atoms with E-state index in [4.69, 9.17) is 0 Å². The van der Waals surface area contributed by atoms with Gasteiger partial charge in [0.1, 0.15) is 11.6 Å². The Morgan fingerprint density at radius 2 is 1.50 bits per heavy atom. The summed E-state index contributed by atoms with van der Waals surface area (Å²) in [6.45, 7) is 5.61. The third-order valence-corrected chi connectivity index (χ3v) is 9.27. The molecule has 1 aliphatic heterocycles. The lowest BCUT2D eigenvalue weighted by Gasteiger charge is -2.38. The number of carbonyl (C=O) groups excluding carboxylic acids is 4. The molecule has 2 aliphatic rings. The molecular formula is C37H43N5O6. The normalized spacial score (nSPS) is 16.9. The van der Waals surface area contributed by atoms with Crippen LogP contribution in [0.3, 0.4) is 0 Å². The van der Waals surface area contributed by atoms with Gasteiger partial charge in [-0.15, -0.1) is 0 Å². The second kappa shape index (κ2) is 14.7. The molecule has 11 heteroatoms. The number of carboxylic acids is 1. The van der Waals surface area contributed by atoms with Gasteiger partial charge in [0.15, 0.2) is 0 Å². The molecule has 1 saturated carbocycles. The van der Waals surface area contributed by atoms with Crippen LogP contribution in [0.2, 0.25) is 0 Å². The molecule has 0 unspecified atom stereocenters. The number of amides is 6. The highest BCUT2D eigenvalue weighted by atomic mass is 16.4. The Labute approximate surface area is 280 Å². The van der Waals surface area contributed by atoms with Crippen LogP contribution >= 0.6 is 0 Å². The van der Waals surface area contributed by atoms with Crippen molar-refractivity contribution < 1.29 is 29.1 Å². The quantitative estimate of drug-likeness (QED) is 0.175. The molecule has 0 aromatic heterocycles. The summed E-state index contributed by atoms with van der Waals surface area (Å²) in [7, 11) is 0. The third-order valence-electron chi connectivity index (χ3n) is 9.27. The first-order valence-corrected chi connectivity index (χ1v) is 16.4. The lowest BCUT2D eigenvalue weighted by Crippen LogP contribution is -2.55. The molecule has 5 rings (SSSR count). The van der Waals surface area contributed by atoms with Gasteiger partial charge in [-0.3, -0.25) is 14.4 Å². The van der Waals surface area contributed by atoms with E-state index in [0.717, 1.165) is 35.3 Å². The monoisotopic (exact) mass is 653 g/mol. The van der Waals surface area contributed by atoms with Crippen molar-refractivity contribution in [2.45, 2.75) is 83.5 Å². The molecule has 3 aromatic rings. The molecule has 2 fully saturated rings. The molecule has 1 aliphatic carbocycles. The number of benzene rings is 3. The Morgan fingerprint density at radius 1 is 0.854 bits per heavy atom. The number of carboxylic acid groups (broad SMARTS) is 1. The van der Waals surface area contributed by atoms with Crippen molar-refractivity contribution in [3.63, 3.8) is 0 Å². The molecule has 48 heavy (non-hydrogen) atoms. The molecular weight excluding hydrogens is 610 g/mol. The number of hydrogen-bond acceptors (Lipinski definition) is 5. The molecule has 11 nitrogen and oxygen atoms in total. The van der Waals surface area contributed by atoms with E-state index in [-0.39, 0.29) is 24.9 Å². The van der Waals surface area contributed by atoms with E-state index >= 15 is 0 Å². The molecule has 4 N–H and O–H groups in total. The maximum atomic E-state index is 14.4. The van der Waals surface area contributed by atoms with Gasteiger partial charge >= 0.3 is 18.0 Å². The maximum absolute atomic E-state index is 14.4. The van der Waals surface area contributed by atoms with Crippen LogP contribution in [-0.2, 0) is 20.9 Å². The van der Waals surface area contributed by atoms with E-state index in [1.165, 1.54) is 0 Å². The number of carbonyl (C=O) groups is 5. The standard InChI is InChI=1S/C37H43N5O6/c1-24(2)32(33(45)39-30(22-31(43)44)27-13-6-4-7-14-27)42-34(46)37(20-10-5-11-21-37)41(36(42)48)23-26-16-18-28(19-17-26)38-35(47)40-29-15-9-8-12-25(29)3/h4,6-9,12-19,24,30,32H,5,10-11,20-23H2,1-3H3,(H,39,45)(H,43,44)(H2,38,40,47)/t30-,32-/m0/s1. The zero-order valence-electron chi connectivity index (χ0n) is 27.6. The Hall–Kier alpha value is -5.19. The fourth-order valence-electron chi connectivity index (χ4n) is 6.79. The summed E-state index contributed by atoms with van der Waals surface area (Å²) < 4.78 is 0. The number of aliphatic carboxylic acids is 1. The van der Waals surface area contributed by atoms with Gasteiger partial charge in [0.2, 0.25) is 5.91 Å². The summed E-state index contributed by atoms with van der Waals surface area (Å²) in [5.41, 5.74) is 2.51. The minimum atomic E-state index is -1.13. The molecule has 1 saturated heterocycles. The maximum Gasteiger partial charge on any atom is 0.328 e. The highest BCUT2D eigenvalue weighted by Crippen LogP contribution is 2.43. The Balaban J connectivity index is 1.36. The molecule has 0 radical (unpaired) electrons. The van der Waals surface area contributed by atoms with Crippen molar-refractivity contribution in [3.8, 4) is 0 Å². The molecule has 1 heterocycles. The molecule has 6 amide bonds. The van der Waals surface area contributed by atoms with Gasteiger partial charge in [0.05, 0.1) is 12.5 Å². The molecule has 0 bridgehead atoms. The van der Waals surface area contributed by atoms with Crippen molar-refractivity contribution in [1.82, 2.24) is 15.1 Å². The zero-order valence-corrected chi connectivity index (χ0v) is 27.6. The van der Waals surface area contributed by atoms with Crippen LogP contribution in [0.1, 0.15) is 75.1 Å². The second-order valence-corrected chi connectivity index (χ2v) is 13.0. The highest BCUT2D eigenvalue weighted by molar-refractivity contribution is 6.10. The van der Waals surface area contributed by atoms with Crippen LogP contribution < -0.4 is 16.0 Å². The van der Waals surface area contributed by atoms with Gasteiger partial charge in [-0.1, -0.05) is 93.8 Å². The number of rotatable bonds is 11. The Kier molecular flexibility index (Phi) is 10.5. The second-order valence-electron chi connectivity index (χ2n) is 13.0. The van der Waals surface area contributed by atoms with Crippen LogP contribution in [-0.4, -0.2) is 56.3 Å². The van der Waals surface area contributed by atoms with Gasteiger partial charge in [-0.2, -0.15) is 0 Å². The number of nitrogens with one attached hydrogen (secondary N) is 3. The number of anilines is 2. The van der Waals surface area contributed by atoms with E-state index in [0.29, 0.717) is 29.8 Å². The minimum Gasteiger partial charge on any atom is -0.481 e. The van der Waals surface area contributed by atoms with E-state index in [1.54, 1.807) is 61.2 Å². The summed E-state index contributed by atoms with van der Waals surface area (Å²) in [6, 6.07) is 20.5. The molecule has 1 spiro atoms. The summed E-state index contributed by atoms with van der Waals surface area (Å²) in [5, 5.41) is 18.1. The fourth-order valence-corrected chi connectivity index (χ4v) is 6.79. The average Bonchev–Trinajstić information content (AvgIpc) is 3.24. The van der Waals surface area contributed by atoms with Crippen molar-refractivity contribution in [2.24, 2.45) is 5.92 Å². The Bertz CT molecular complexity index is 1650. The minimum absolute atomic E-state index is 0.148. The van der Waals surface area contributed by atoms with E-state index in [1.807, 2.05) is 43.3 Å². The number of aryl methyl sites for hydroxylation is 1. The van der Waals surface area contributed by atoms with Crippen LogP contribution in [0, 0.1) is 12.8 Å². The van der Waals surface area contributed by atoms with Crippen LogP contribution in [0.4, 0.5) is 21.0 Å². The lowest BCUT2D eigenvalue weighted by atomic mass is 9.80. The summed E-state index contributed by atoms with van der Waals surface area (Å²) in [6.07, 6.45) is 3.13. The van der Waals surface area contributed by atoms with Crippen molar-refractivity contribution in [1.29, 1.82) is 0 Å². The average molecular weight is 654 g/mol. The van der Waals surface area contributed by atoms with Crippen molar-refractivity contribution in [2.75, 3.05) is 10.6 Å². The van der Waals surface area contributed by atoms with Gasteiger partial charge in [-0.05, 0) is 60.6 Å². The van der Waals surface area contributed by atoms with Gasteiger partial charge in [0, 0.05) is 17.9 Å². The van der Waals surface area contributed by atoms with Crippen molar-refractivity contribution >= 4 is 41.2 Å². The first-order chi connectivity index (χ1) is 23.0. The molecule has 2 atom stereocenters. The largest absolute Gasteiger partial charge is 0.481 e. The van der Waals surface area contributed by atoms with Gasteiger partial charge < -0.3 is 26.0 Å². The first-order valence-electron chi connectivity index (χ1n) is 16.4. The number of nitrogens with zero attached hydrogens (tertiary/aromatic N) is 2. The smallest absolute Gasteiger partial charge is 0.328 e. The number of urea groups is 2. The number of imide groups is 1. The topological polar surface area (TPSA) is 148 Å². The van der Waals surface area contributed by atoms with E-state index < -0.39 is 41.4 Å². The summed E-state index contributed by atoms with van der Waals surface area (Å²) >= 11 is 0. The Morgan fingerprint density at radius 3 is 2.12 bits per heavy atom. The van der Waals surface area contributed by atoms with Crippen LogP contribution in [0.5, 0.6) is 0 Å².